The van der Waals surface area contributed by atoms with Crippen LogP contribution in [0.1, 0.15) is 50.8 Å². The average Bonchev–Trinajstić information content (AvgIpc) is 2.54. The van der Waals surface area contributed by atoms with E-state index >= 15 is 0 Å². The third kappa shape index (κ3) is 2.79. The lowest BCUT2D eigenvalue weighted by molar-refractivity contribution is -0.123. The first-order valence-corrected chi connectivity index (χ1v) is 8.38. The van der Waals surface area contributed by atoms with E-state index in [1.807, 2.05) is 0 Å². The fourth-order valence-electron chi connectivity index (χ4n) is 3.63. The summed E-state index contributed by atoms with van der Waals surface area (Å²) in [5, 5.41) is 8.22. The predicted molar refractivity (Wildman–Crippen MR) is 90.7 cm³/mol. The number of nitrogens with zero attached hydrogens (tertiary/aromatic N) is 2. The molecular formula is C19H21F2N3O. The standard InChI is InChI=1S/C19H21F2N3O/c1-10(2)11-7-8-19(3,18(22)25)17-12(11)9-15(23-24-17)16-13(20)5-4-6-14(16)21/h4-6,9-11H,7-8H2,1-3H3,(H2,22,25). The second-order valence-electron chi connectivity index (χ2n) is 7.22. The highest BCUT2D eigenvalue weighted by Gasteiger charge is 2.43. The SMILES string of the molecule is CC(C)C1CCC(C)(C(N)=O)c2nnc(-c3c(F)cccc3F)cc21. The first-order chi connectivity index (χ1) is 11.8. The van der Waals surface area contributed by atoms with Gasteiger partial charge in [0.25, 0.3) is 0 Å². The zero-order chi connectivity index (χ0) is 18.4. The number of carbonyl (C=O) groups excluding carboxylic acids is 1. The van der Waals surface area contributed by atoms with Gasteiger partial charge in [-0.25, -0.2) is 8.78 Å². The van der Waals surface area contributed by atoms with Gasteiger partial charge in [-0.15, -0.1) is 5.10 Å². The Hall–Kier alpha value is -2.37. The van der Waals surface area contributed by atoms with Crippen molar-refractivity contribution in [2.75, 3.05) is 0 Å². The van der Waals surface area contributed by atoms with Crippen molar-refractivity contribution < 1.29 is 13.6 Å². The molecular weight excluding hydrogens is 324 g/mol. The summed E-state index contributed by atoms with van der Waals surface area (Å²) in [6.45, 7) is 5.90. The van der Waals surface area contributed by atoms with Gasteiger partial charge in [0.1, 0.15) is 11.6 Å². The Morgan fingerprint density at radius 3 is 2.48 bits per heavy atom. The molecule has 0 aliphatic heterocycles. The summed E-state index contributed by atoms with van der Waals surface area (Å²) >= 11 is 0. The number of amides is 1. The van der Waals surface area contributed by atoms with Crippen molar-refractivity contribution in [3.05, 3.63) is 47.2 Å². The second-order valence-corrected chi connectivity index (χ2v) is 7.22. The summed E-state index contributed by atoms with van der Waals surface area (Å²) in [7, 11) is 0. The first-order valence-electron chi connectivity index (χ1n) is 8.38. The summed E-state index contributed by atoms with van der Waals surface area (Å²) in [5.41, 5.74) is 5.94. The maximum atomic E-state index is 14.1. The van der Waals surface area contributed by atoms with Crippen molar-refractivity contribution in [2.24, 2.45) is 11.7 Å². The minimum atomic E-state index is -0.917. The van der Waals surface area contributed by atoms with Gasteiger partial charge < -0.3 is 5.73 Å². The molecule has 2 aromatic rings. The zero-order valence-electron chi connectivity index (χ0n) is 14.5. The molecule has 1 aromatic carbocycles. The predicted octanol–water partition coefficient (Wildman–Crippen LogP) is 3.70. The van der Waals surface area contributed by atoms with Crippen LogP contribution in [0.25, 0.3) is 11.3 Å². The van der Waals surface area contributed by atoms with Crippen LogP contribution in [0.3, 0.4) is 0 Å². The van der Waals surface area contributed by atoms with Crippen molar-refractivity contribution in [3.8, 4) is 11.3 Å². The highest BCUT2D eigenvalue weighted by Crippen LogP contribution is 2.45. The molecule has 3 rings (SSSR count). The van der Waals surface area contributed by atoms with E-state index in [1.54, 1.807) is 13.0 Å². The Labute approximate surface area is 145 Å². The van der Waals surface area contributed by atoms with Crippen LogP contribution in [0.15, 0.2) is 24.3 Å². The number of carbonyl (C=O) groups is 1. The molecule has 132 valence electrons. The van der Waals surface area contributed by atoms with Gasteiger partial charge in [0.2, 0.25) is 5.91 Å². The normalized spacial score (nSPS) is 22.7. The van der Waals surface area contributed by atoms with E-state index in [2.05, 4.69) is 24.0 Å². The van der Waals surface area contributed by atoms with Crippen LogP contribution < -0.4 is 5.73 Å². The molecule has 25 heavy (non-hydrogen) atoms. The largest absolute Gasteiger partial charge is 0.369 e. The maximum absolute atomic E-state index is 14.1. The van der Waals surface area contributed by atoms with Gasteiger partial charge in [0, 0.05) is 0 Å². The number of primary amides is 1. The second kappa shape index (κ2) is 6.17. The van der Waals surface area contributed by atoms with Gasteiger partial charge in [0.15, 0.2) is 0 Å². The molecule has 6 heteroatoms. The lowest BCUT2D eigenvalue weighted by atomic mass is 9.67. The van der Waals surface area contributed by atoms with Crippen molar-refractivity contribution in [1.29, 1.82) is 0 Å². The van der Waals surface area contributed by atoms with Crippen molar-refractivity contribution in [1.82, 2.24) is 10.2 Å². The molecule has 4 nitrogen and oxygen atoms in total. The molecule has 1 aromatic heterocycles. The number of benzene rings is 1. The fraction of sp³-hybridized carbons (Fsp3) is 0.421. The van der Waals surface area contributed by atoms with Crippen LogP contribution in [0.2, 0.25) is 0 Å². The lowest BCUT2D eigenvalue weighted by Crippen LogP contribution is -2.43. The Morgan fingerprint density at radius 2 is 1.92 bits per heavy atom. The van der Waals surface area contributed by atoms with Crippen molar-refractivity contribution >= 4 is 5.91 Å². The zero-order valence-corrected chi connectivity index (χ0v) is 14.5. The Balaban J connectivity index is 2.22. The topological polar surface area (TPSA) is 68.9 Å². The van der Waals surface area contributed by atoms with Gasteiger partial charge in [-0.1, -0.05) is 19.9 Å². The van der Waals surface area contributed by atoms with Crippen LogP contribution in [0.5, 0.6) is 0 Å². The van der Waals surface area contributed by atoms with Crippen LogP contribution >= 0.6 is 0 Å². The summed E-state index contributed by atoms with van der Waals surface area (Å²) in [6.07, 6.45) is 1.34. The van der Waals surface area contributed by atoms with Crippen LogP contribution in [0.4, 0.5) is 8.78 Å². The third-order valence-electron chi connectivity index (χ3n) is 5.27. The highest BCUT2D eigenvalue weighted by atomic mass is 19.1. The summed E-state index contributed by atoms with van der Waals surface area (Å²) in [5.74, 6) is -1.42. The third-order valence-corrected chi connectivity index (χ3v) is 5.27. The first kappa shape index (κ1) is 17.5. The van der Waals surface area contributed by atoms with Crippen molar-refractivity contribution in [3.63, 3.8) is 0 Å². The summed E-state index contributed by atoms with van der Waals surface area (Å²) in [4.78, 5) is 12.0. The molecule has 0 saturated carbocycles. The van der Waals surface area contributed by atoms with E-state index in [-0.39, 0.29) is 17.2 Å². The monoisotopic (exact) mass is 345 g/mol. The quantitative estimate of drug-likeness (QED) is 0.922. The molecule has 2 unspecified atom stereocenters. The van der Waals surface area contributed by atoms with E-state index in [4.69, 9.17) is 5.73 Å². The minimum absolute atomic E-state index is 0.131. The van der Waals surface area contributed by atoms with E-state index in [0.717, 1.165) is 12.0 Å². The number of fused-ring (bicyclic) bond motifs is 1. The Kier molecular flexibility index (Phi) is 4.31. The van der Waals surface area contributed by atoms with E-state index in [9.17, 15) is 13.6 Å². The van der Waals surface area contributed by atoms with Gasteiger partial charge >= 0.3 is 0 Å². The van der Waals surface area contributed by atoms with Crippen LogP contribution in [-0.4, -0.2) is 16.1 Å². The van der Waals surface area contributed by atoms with Gasteiger partial charge in [0.05, 0.1) is 22.4 Å². The van der Waals surface area contributed by atoms with Crippen LogP contribution in [0, 0.1) is 17.6 Å². The molecule has 2 atom stereocenters. The molecule has 0 saturated heterocycles. The molecule has 1 aliphatic rings. The van der Waals surface area contributed by atoms with Crippen molar-refractivity contribution in [2.45, 2.75) is 44.9 Å². The molecule has 0 fully saturated rings. The number of halogens is 2. The summed E-state index contributed by atoms with van der Waals surface area (Å²) in [6, 6.07) is 5.34. The van der Waals surface area contributed by atoms with E-state index in [0.29, 0.717) is 18.0 Å². The molecule has 0 radical (unpaired) electrons. The van der Waals surface area contributed by atoms with Gasteiger partial charge in [-0.2, -0.15) is 5.10 Å². The highest BCUT2D eigenvalue weighted by molar-refractivity contribution is 5.86. The smallest absolute Gasteiger partial charge is 0.229 e. The molecule has 1 heterocycles. The fourth-order valence-corrected chi connectivity index (χ4v) is 3.63. The molecule has 0 spiro atoms. The van der Waals surface area contributed by atoms with Crippen LogP contribution in [-0.2, 0) is 10.2 Å². The lowest BCUT2D eigenvalue weighted by Gasteiger charge is -2.37. The number of hydrogen-bond acceptors (Lipinski definition) is 3. The number of nitrogens with two attached hydrogens (primary N) is 1. The number of aromatic nitrogens is 2. The molecule has 1 amide bonds. The molecule has 0 bridgehead atoms. The number of hydrogen-bond donors (Lipinski definition) is 1. The minimum Gasteiger partial charge on any atom is -0.369 e. The van der Waals surface area contributed by atoms with E-state index in [1.165, 1.54) is 18.2 Å². The molecule has 1 aliphatic carbocycles. The van der Waals surface area contributed by atoms with E-state index < -0.39 is 23.0 Å². The molecule has 2 N–H and O–H groups in total. The Morgan fingerprint density at radius 1 is 1.28 bits per heavy atom. The summed E-state index contributed by atoms with van der Waals surface area (Å²) < 4.78 is 28.2. The van der Waals surface area contributed by atoms with Gasteiger partial charge in [-0.3, -0.25) is 4.79 Å². The van der Waals surface area contributed by atoms with Gasteiger partial charge in [-0.05, 0) is 55.4 Å². The number of rotatable bonds is 3. The average molecular weight is 345 g/mol. The maximum Gasteiger partial charge on any atom is 0.229 e. The Bertz CT molecular complexity index is 817.